The van der Waals surface area contributed by atoms with Crippen molar-refractivity contribution >= 4 is 27.8 Å². The van der Waals surface area contributed by atoms with Crippen LogP contribution in [0.15, 0.2) is 16.7 Å². The predicted octanol–water partition coefficient (Wildman–Crippen LogP) is 1.95. The molecule has 0 saturated carbocycles. The van der Waals surface area contributed by atoms with Gasteiger partial charge in [0.15, 0.2) is 6.61 Å². The van der Waals surface area contributed by atoms with E-state index in [-0.39, 0.29) is 12.5 Å². The van der Waals surface area contributed by atoms with Gasteiger partial charge in [0.1, 0.15) is 5.69 Å². The summed E-state index contributed by atoms with van der Waals surface area (Å²) in [5.74, 6) is -0.625. The molecule has 0 aromatic carbocycles. The lowest BCUT2D eigenvalue weighted by atomic mass is 10.1. The van der Waals surface area contributed by atoms with Crippen molar-refractivity contribution in [3.8, 4) is 0 Å². The molecule has 5 nitrogen and oxygen atoms in total. The van der Waals surface area contributed by atoms with Crippen LogP contribution < -0.4 is 0 Å². The van der Waals surface area contributed by atoms with Crippen LogP contribution in [0.4, 0.5) is 0 Å². The van der Waals surface area contributed by atoms with Crippen LogP contribution in [0.25, 0.3) is 0 Å². The van der Waals surface area contributed by atoms with Crippen molar-refractivity contribution in [3.63, 3.8) is 0 Å². The van der Waals surface area contributed by atoms with Gasteiger partial charge in [0, 0.05) is 23.8 Å². The molecule has 0 atom stereocenters. The third-order valence-electron chi connectivity index (χ3n) is 2.90. The maximum atomic E-state index is 11.8. The molecule has 0 spiro atoms. The van der Waals surface area contributed by atoms with Crippen molar-refractivity contribution < 1.29 is 14.3 Å². The number of hydrogen-bond acceptors (Lipinski definition) is 3. The molecule has 2 rings (SSSR count). The van der Waals surface area contributed by atoms with E-state index < -0.39 is 5.97 Å². The Labute approximate surface area is 114 Å². The molecule has 1 aromatic heterocycles. The Morgan fingerprint density at radius 2 is 2.06 bits per heavy atom. The first-order valence-corrected chi connectivity index (χ1v) is 6.75. The highest BCUT2D eigenvalue weighted by Gasteiger charge is 2.18. The first kappa shape index (κ1) is 13.1. The summed E-state index contributed by atoms with van der Waals surface area (Å²) in [6, 6.07) is 1.62. The lowest BCUT2D eigenvalue weighted by molar-refractivity contribution is -0.135. The van der Waals surface area contributed by atoms with Crippen LogP contribution in [0, 0.1) is 0 Å². The number of piperidine rings is 1. The van der Waals surface area contributed by atoms with Crippen LogP contribution in [0.5, 0.6) is 0 Å². The predicted molar refractivity (Wildman–Crippen MR) is 69.2 cm³/mol. The first-order valence-electron chi connectivity index (χ1n) is 5.95. The van der Waals surface area contributed by atoms with E-state index in [0.29, 0.717) is 5.69 Å². The van der Waals surface area contributed by atoms with Crippen LogP contribution in [-0.2, 0) is 9.53 Å². The number of likely N-dealkylation sites (tertiary alicyclic amines) is 1. The van der Waals surface area contributed by atoms with Gasteiger partial charge in [-0.1, -0.05) is 0 Å². The number of hydrogen-bond donors (Lipinski definition) is 1. The molecule has 1 fully saturated rings. The normalized spacial score (nSPS) is 15.5. The number of carbonyl (C=O) groups is 2. The highest BCUT2D eigenvalue weighted by Crippen LogP contribution is 2.12. The van der Waals surface area contributed by atoms with E-state index in [9.17, 15) is 9.59 Å². The largest absolute Gasteiger partial charge is 0.451 e. The molecular formula is C12H15BrN2O3. The molecule has 0 unspecified atom stereocenters. The smallest absolute Gasteiger partial charge is 0.355 e. The van der Waals surface area contributed by atoms with E-state index in [4.69, 9.17) is 4.74 Å². The fraction of sp³-hybridized carbons (Fsp3) is 0.500. The van der Waals surface area contributed by atoms with Crippen molar-refractivity contribution in [1.82, 2.24) is 9.88 Å². The molecule has 6 heteroatoms. The summed E-state index contributed by atoms with van der Waals surface area (Å²) >= 11 is 3.23. The zero-order valence-electron chi connectivity index (χ0n) is 9.95. The Balaban J connectivity index is 1.80. The van der Waals surface area contributed by atoms with Crippen LogP contribution in [0.3, 0.4) is 0 Å². The number of aromatic amines is 1. The van der Waals surface area contributed by atoms with Crippen molar-refractivity contribution in [3.05, 3.63) is 22.4 Å². The number of carbonyl (C=O) groups excluding carboxylic acids is 2. The van der Waals surface area contributed by atoms with E-state index in [1.807, 2.05) is 0 Å². The first-order chi connectivity index (χ1) is 8.66. The third kappa shape index (κ3) is 3.35. The summed E-state index contributed by atoms with van der Waals surface area (Å²) in [5.41, 5.74) is 0.341. The number of esters is 1. The minimum atomic E-state index is -0.508. The Bertz CT molecular complexity index is 438. The number of aromatic nitrogens is 1. The van der Waals surface area contributed by atoms with E-state index in [0.717, 1.165) is 30.4 Å². The lowest BCUT2D eigenvalue weighted by Crippen LogP contribution is -2.38. The number of halogens is 1. The topological polar surface area (TPSA) is 62.4 Å². The quantitative estimate of drug-likeness (QED) is 0.867. The standard InChI is InChI=1S/C12H15BrN2O3/c13-9-6-10(14-7-9)12(17)18-8-11(16)15-4-2-1-3-5-15/h6-7,14H,1-5,8H2. The number of H-pyrrole nitrogens is 1. The Kier molecular flexibility index (Phi) is 4.41. The number of ether oxygens (including phenoxy) is 1. The number of rotatable bonds is 3. The molecule has 2 heterocycles. The Morgan fingerprint density at radius 3 is 2.67 bits per heavy atom. The minimum absolute atomic E-state index is 0.117. The van der Waals surface area contributed by atoms with Gasteiger partial charge in [-0.2, -0.15) is 0 Å². The number of nitrogens with one attached hydrogen (secondary N) is 1. The van der Waals surface area contributed by atoms with Crippen molar-refractivity contribution in [2.24, 2.45) is 0 Å². The highest BCUT2D eigenvalue weighted by atomic mass is 79.9. The number of nitrogens with zero attached hydrogens (tertiary/aromatic N) is 1. The average molecular weight is 315 g/mol. The maximum Gasteiger partial charge on any atom is 0.355 e. The average Bonchev–Trinajstić information content (AvgIpc) is 2.83. The third-order valence-corrected chi connectivity index (χ3v) is 3.36. The van der Waals surface area contributed by atoms with E-state index >= 15 is 0 Å². The van der Waals surface area contributed by atoms with Crippen molar-refractivity contribution in [1.29, 1.82) is 0 Å². The fourth-order valence-corrected chi connectivity index (χ4v) is 2.27. The van der Waals surface area contributed by atoms with Gasteiger partial charge in [-0.15, -0.1) is 0 Å². The highest BCUT2D eigenvalue weighted by molar-refractivity contribution is 9.10. The second kappa shape index (κ2) is 6.04. The summed E-state index contributed by atoms with van der Waals surface area (Å²) in [4.78, 5) is 27.9. The van der Waals surface area contributed by atoms with Gasteiger partial charge in [-0.25, -0.2) is 4.79 Å². The number of amides is 1. The summed E-state index contributed by atoms with van der Waals surface area (Å²) < 4.78 is 5.75. The molecule has 0 radical (unpaired) electrons. The fourth-order valence-electron chi connectivity index (χ4n) is 1.93. The monoisotopic (exact) mass is 314 g/mol. The van der Waals surface area contributed by atoms with Crippen molar-refractivity contribution in [2.75, 3.05) is 19.7 Å². The molecule has 1 aliphatic rings. The second-order valence-corrected chi connectivity index (χ2v) is 5.16. The molecule has 0 aliphatic carbocycles. The van der Waals surface area contributed by atoms with Gasteiger partial charge in [0.2, 0.25) is 0 Å². The van der Waals surface area contributed by atoms with Gasteiger partial charge in [-0.3, -0.25) is 4.79 Å². The van der Waals surface area contributed by atoms with Gasteiger partial charge in [-0.05, 0) is 41.3 Å². The van der Waals surface area contributed by atoms with Crippen LogP contribution in [0.2, 0.25) is 0 Å². The molecule has 18 heavy (non-hydrogen) atoms. The van der Waals surface area contributed by atoms with Crippen LogP contribution >= 0.6 is 15.9 Å². The molecule has 1 amide bonds. The van der Waals surface area contributed by atoms with E-state index in [1.165, 1.54) is 6.42 Å². The van der Waals surface area contributed by atoms with E-state index in [1.54, 1.807) is 17.2 Å². The Hall–Kier alpha value is -1.30. The zero-order valence-corrected chi connectivity index (χ0v) is 11.5. The zero-order chi connectivity index (χ0) is 13.0. The van der Waals surface area contributed by atoms with Crippen LogP contribution in [-0.4, -0.2) is 41.5 Å². The van der Waals surface area contributed by atoms with Crippen molar-refractivity contribution in [2.45, 2.75) is 19.3 Å². The van der Waals surface area contributed by atoms with Gasteiger partial charge >= 0.3 is 5.97 Å². The minimum Gasteiger partial charge on any atom is -0.451 e. The summed E-state index contributed by atoms with van der Waals surface area (Å²) in [6.07, 6.45) is 4.87. The summed E-state index contributed by atoms with van der Waals surface area (Å²) in [5, 5.41) is 0. The molecule has 1 aliphatic heterocycles. The summed E-state index contributed by atoms with van der Waals surface area (Å²) in [7, 11) is 0. The molecule has 0 bridgehead atoms. The molecule has 1 aromatic rings. The van der Waals surface area contributed by atoms with Gasteiger partial charge in [0.05, 0.1) is 0 Å². The lowest BCUT2D eigenvalue weighted by Gasteiger charge is -2.26. The molecule has 1 saturated heterocycles. The Morgan fingerprint density at radius 1 is 1.33 bits per heavy atom. The molecule has 1 N–H and O–H groups in total. The molecular weight excluding hydrogens is 300 g/mol. The second-order valence-electron chi connectivity index (χ2n) is 4.25. The molecule has 98 valence electrons. The SMILES string of the molecule is O=C(OCC(=O)N1CCCCC1)c1cc(Br)c[nH]1. The van der Waals surface area contributed by atoms with Gasteiger partial charge in [0.25, 0.3) is 5.91 Å². The maximum absolute atomic E-state index is 11.8. The summed E-state index contributed by atoms with van der Waals surface area (Å²) in [6.45, 7) is 1.35. The van der Waals surface area contributed by atoms with E-state index in [2.05, 4.69) is 20.9 Å². The van der Waals surface area contributed by atoms with Crippen LogP contribution in [0.1, 0.15) is 29.8 Å². The van der Waals surface area contributed by atoms with Gasteiger partial charge < -0.3 is 14.6 Å².